The van der Waals surface area contributed by atoms with E-state index in [1.807, 2.05) is 12.1 Å². The molecule has 0 unspecified atom stereocenters. The van der Waals surface area contributed by atoms with Crippen molar-refractivity contribution >= 4 is 21.6 Å². The molecular formula is C19H23ClN2O4S. The van der Waals surface area contributed by atoms with Gasteiger partial charge in [0, 0.05) is 6.54 Å². The van der Waals surface area contributed by atoms with E-state index in [1.165, 1.54) is 12.1 Å². The van der Waals surface area contributed by atoms with Gasteiger partial charge in [-0.25, -0.2) is 13.6 Å². The minimum atomic E-state index is -3.66. The zero-order valence-corrected chi connectivity index (χ0v) is 16.6. The van der Waals surface area contributed by atoms with Crippen LogP contribution in [0.25, 0.3) is 0 Å². The van der Waals surface area contributed by atoms with Crippen molar-refractivity contribution in [3.63, 3.8) is 0 Å². The summed E-state index contributed by atoms with van der Waals surface area (Å²) < 4.78 is 33.4. The van der Waals surface area contributed by atoms with Crippen LogP contribution in [0.5, 0.6) is 11.5 Å². The standard InChI is InChI=1S/C19H23ClN2O4S/c1-3-10-26-19-17(20)11-15(12-18(19)25-2)13-22-9-8-14-4-6-16(7-5-14)27(21,23)24/h3-7,11-12,22H,1,8-10,13H2,2H3,(H2,21,23,24). The highest BCUT2D eigenvalue weighted by Gasteiger charge is 2.11. The number of methoxy groups -OCH3 is 1. The van der Waals surface area contributed by atoms with Gasteiger partial charge in [-0.15, -0.1) is 0 Å². The summed E-state index contributed by atoms with van der Waals surface area (Å²) in [6, 6.07) is 10.2. The van der Waals surface area contributed by atoms with Gasteiger partial charge in [0.25, 0.3) is 0 Å². The third kappa shape index (κ3) is 6.25. The molecule has 8 heteroatoms. The molecule has 27 heavy (non-hydrogen) atoms. The summed E-state index contributed by atoms with van der Waals surface area (Å²) in [5.41, 5.74) is 1.98. The largest absolute Gasteiger partial charge is 0.493 e. The van der Waals surface area contributed by atoms with Crippen molar-refractivity contribution in [1.82, 2.24) is 5.32 Å². The Kier molecular flexibility index (Phi) is 7.67. The van der Waals surface area contributed by atoms with Crippen LogP contribution in [-0.4, -0.2) is 28.7 Å². The van der Waals surface area contributed by atoms with Gasteiger partial charge in [-0.05, 0) is 48.4 Å². The molecule has 0 saturated carbocycles. The first-order chi connectivity index (χ1) is 12.8. The maximum atomic E-state index is 11.3. The third-order valence-corrected chi connectivity index (χ3v) is 5.02. The number of hydrogen-bond acceptors (Lipinski definition) is 5. The normalized spacial score (nSPS) is 11.2. The Morgan fingerprint density at radius 3 is 2.52 bits per heavy atom. The average Bonchev–Trinajstić information content (AvgIpc) is 2.63. The van der Waals surface area contributed by atoms with E-state index in [2.05, 4.69) is 11.9 Å². The van der Waals surface area contributed by atoms with E-state index < -0.39 is 10.0 Å². The van der Waals surface area contributed by atoms with Crippen molar-refractivity contribution in [3.8, 4) is 11.5 Å². The number of halogens is 1. The summed E-state index contributed by atoms with van der Waals surface area (Å²) in [5.74, 6) is 1.07. The number of ether oxygens (including phenoxy) is 2. The topological polar surface area (TPSA) is 90.6 Å². The predicted octanol–water partition coefficient (Wildman–Crippen LogP) is 2.89. The summed E-state index contributed by atoms with van der Waals surface area (Å²) >= 11 is 6.28. The fraction of sp³-hybridized carbons (Fsp3) is 0.263. The lowest BCUT2D eigenvalue weighted by atomic mass is 10.1. The van der Waals surface area contributed by atoms with Gasteiger partial charge in [0.15, 0.2) is 11.5 Å². The van der Waals surface area contributed by atoms with Gasteiger partial charge < -0.3 is 14.8 Å². The first kappa shape index (κ1) is 21.2. The molecule has 0 heterocycles. The van der Waals surface area contributed by atoms with E-state index >= 15 is 0 Å². The molecule has 0 aromatic heterocycles. The molecule has 0 aliphatic heterocycles. The number of nitrogens with one attached hydrogen (secondary N) is 1. The van der Waals surface area contributed by atoms with Crippen molar-refractivity contribution in [2.45, 2.75) is 17.9 Å². The minimum absolute atomic E-state index is 0.111. The molecule has 0 aliphatic carbocycles. The van der Waals surface area contributed by atoms with Crippen molar-refractivity contribution in [2.75, 3.05) is 20.3 Å². The first-order valence-electron chi connectivity index (χ1n) is 8.27. The second kappa shape index (κ2) is 9.75. The molecule has 0 saturated heterocycles. The fourth-order valence-electron chi connectivity index (χ4n) is 2.47. The van der Waals surface area contributed by atoms with Crippen molar-refractivity contribution in [2.24, 2.45) is 5.14 Å². The van der Waals surface area contributed by atoms with Gasteiger partial charge in [-0.1, -0.05) is 36.4 Å². The number of nitrogens with two attached hydrogens (primary N) is 1. The van der Waals surface area contributed by atoms with E-state index in [-0.39, 0.29) is 4.90 Å². The van der Waals surface area contributed by atoms with Crippen LogP contribution in [0, 0.1) is 0 Å². The van der Waals surface area contributed by atoms with E-state index in [1.54, 1.807) is 25.3 Å². The van der Waals surface area contributed by atoms with Gasteiger partial charge in [0.1, 0.15) is 6.61 Å². The molecule has 6 nitrogen and oxygen atoms in total. The van der Waals surface area contributed by atoms with E-state index in [9.17, 15) is 8.42 Å². The molecule has 0 fully saturated rings. The fourth-order valence-corrected chi connectivity index (χ4v) is 3.27. The lowest BCUT2D eigenvalue weighted by Gasteiger charge is -2.13. The average molecular weight is 411 g/mol. The number of primary sulfonamides is 1. The molecule has 2 rings (SSSR count). The second-order valence-electron chi connectivity index (χ2n) is 5.82. The van der Waals surface area contributed by atoms with E-state index in [4.69, 9.17) is 26.2 Å². The summed E-state index contributed by atoms with van der Waals surface area (Å²) in [7, 11) is -2.09. The van der Waals surface area contributed by atoms with Gasteiger partial charge in [-0.2, -0.15) is 0 Å². The quantitative estimate of drug-likeness (QED) is 0.464. The van der Waals surface area contributed by atoms with Gasteiger partial charge in [-0.3, -0.25) is 0 Å². The summed E-state index contributed by atoms with van der Waals surface area (Å²) in [4.78, 5) is 0.111. The minimum Gasteiger partial charge on any atom is -0.493 e. The van der Waals surface area contributed by atoms with Crippen LogP contribution in [0.2, 0.25) is 5.02 Å². The predicted molar refractivity (Wildman–Crippen MR) is 107 cm³/mol. The van der Waals surface area contributed by atoms with Crippen LogP contribution in [0.1, 0.15) is 11.1 Å². The summed E-state index contributed by atoms with van der Waals surface area (Å²) in [6.07, 6.45) is 2.39. The Bertz CT molecular complexity index is 883. The molecule has 146 valence electrons. The summed E-state index contributed by atoms with van der Waals surface area (Å²) in [6.45, 7) is 5.28. The molecule has 0 radical (unpaired) electrons. The van der Waals surface area contributed by atoms with Crippen LogP contribution >= 0.6 is 11.6 Å². The molecule has 0 aliphatic rings. The van der Waals surface area contributed by atoms with Crippen LogP contribution in [-0.2, 0) is 23.0 Å². The molecule has 2 aromatic rings. The second-order valence-corrected chi connectivity index (χ2v) is 7.79. The lowest BCUT2D eigenvalue weighted by molar-refractivity contribution is 0.326. The Balaban J connectivity index is 1.91. The van der Waals surface area contributed by atoms with Crippen LogP contribution in [0.4, 0.5) is 0 Å². The highest BCUT2D eigenvalue weighted by atomic mass is 35.5. The Labute approximate surface area is 165 Å². The first-order valence-corrected chi connectivity index (χ1v) is 10.2. The zero-order valence-electron chi connectivity index (χ0n) is 15.1. The number of rotatable bonds is 10. The van der Waals surface area contributed by atoms with Crippen molar-refractivity contribution in [1.29, 1.82) is 0 Å². The Morgan fingerprint density at radius 1 is 1.22 bits per heavy atom. The smallest absolute Gasteiger partial charge is 0.238 e. The van der Waals surface area contributed by atoms with E-state index in [0.29, 0.717) is 36.2 Å². The van der Waals surface area contributed by atoms with Crippen molar-refractivity contribution < 1.29 is 17.9 Å². The third-order valence-electron chi connectivity index (χ3n) is 3.81. The number of benzene rings is 2. The lowest BCUT2D eigenvalue weighted by Crippen LogP contribution is -2.17. The summed E-state index contributed by atoms with van der Waals surface area (Å²) in [5, 5.41) is 8.89. The maximum absolute atomic E-state index is 11.3. The van der Waals surface area contributed by atoms with Gasteiger partial charge >= 0.3 is 0 Å². The van der Waals surface area contributed by atoms with Crippen molar-refractivity contribution in [3.05, 3.63) is 65.2 Å². The number of sulfonamides is 1. The number of hydrogen-bond donors (Lipinski definition) is 2. The van der Waals surface area contributed by atoms with Crippen LogP contribution < -0.4 is 19.9 Å². The Morgan fingerprint density at radius 2 is 1.93 bits per heavy atom. The van der Waals surface area contributed by atoms with Crippen LogP contribution in [0.15, 0.2) is 53.9 Å². The van der Waals surface area contributed by atoms with Crippen LogP contribution in [0.3, 0.4) is 0 Å². The molecule has 0 bridgehead atoms. The van der Waals surface area contributed by atoms with Gasteiger partial charge in [0.05, 0.1) is 17.0 Å². The highest BCUT2D eigenvalue weighted by Crippen LogP contribution is 2.36. The monoisotopic (exact) mass is 410 g/mol. The molecular weight excluding hydrogens is 388 g/mol. The molecule has 0 atom stereocenters. The SMILES string of the molecule is C=CCOc1c(Cl)cc(CNCCc2ccc(S(N)(=O)=O)cc2)cc1OC. The molecule has 0 spiro atoms. The molecule has 0 amide bonds. The Hall–Kier alpha value is -2.06. The zero-order chi connectivity index (χ0) is 19.9. The van der Waals surface area contributed by atoms with E-state index in [0.717, 1.165) is 17.5 Å². The maximum Gasteiger partial charge on any atom is 0.238 e. The highest BCUT2D eigenvalue weighted by molar-refractivity contribution is 7.89. The molecule has 2 aromatic carbocycles. The van der Waals surface area contributed by atoms with Gasteiger partial charge in [0.2, 0.25) is 10.0 Å². The molecule has 3 N–H and O–H groups in total.